The van der Waals surface area contributed by atoms with Gasteiger partial charge in [-0.1, -0.05) is 6.42 Å². The molecule has 3 heterocycles. The summed E-state index contributed by atoms with van der Waals surface area (Å²) in [6.45, 7) is 3.04. The average molecular weight is 370 g/mol. The first-order valence-electron chi connectivity index (χ1n) is 9.79. The van der Waals surface area contributed by atoms with Crippen molar-refractivity contribution in [2.24, 2.45) is 0 Å². The third-order valence-electron chi connectivity index (χ3n) is 5.45. The standard InChI is InChI=1S/C19H26N6O2/c26-17-5-3-8-22-25(17)13-12-23-10-2-1-4-16(23)14-21-18-19(27)24(11-9-20-18)15-6-7-15/h3,5,8-9,11,15-16H,1-2,4,6-7,10,12-14H2,(H,20,21). The van der Waals surface area contributed by atoms with Crippen molar-refractivity contribution >= 4 is 5.82 Å². The van der Waals surface area contributed by atoms with Gasteiger partial charge in [0.15, 0.2) is 5.82 Å². The Labute approximate surface area is 157 Å². The zero-order chi connectivity index (χ0) is 18.6. The van der Waals surface area contributed by atoms with Crippen LogP contribution in [0.2, 0.25) is 0 Å². The Morgan fingerprint density at radius 2 is 2.00 bits per heavy atom. The molecule has 2 aliphatic rings. The van der Waals surface area contributed by atoms with Crippen molar-refractivity contribution in [3.63, 3.8) is 0 Å². The van der Waals surface area contributed by atoms with E-state index in [1.165, 1.54) is 17.2 Å². The van der Waals surface area contributed by atoms with Gasteiger partial charge < -0.3 is 9.88 Å². The minimum atomic E-state index is -0.0710. The molecule has 0 amide bonds. The summed E-state index contributed by atoms with van der Waals surface area (Å²) in [7, 11) is 0. The fraction of sp³-hybridized carbons (Fsp3) is 0.579. The number of anilines is 1. The maximum absolute atomic E-state index is 12.5. The fourth-order valence-electron chi connectivity index (χ4n) is 3.76. The first-order valence-corrected chi connectivity index (χ1v) is 9.79. The molecule has 1 saturated heterocycles. The Morgan fingerprint density at radius 1 is 1.11 bits per heavy atom. The molecule has 0 spiro atoms. The van der Waals surface area contributed by atoms with E-state index < -0.39 is 0 Å². The molecule has 1 aliphatic heterocycles. The van der Waals surface area contributed by atoms with Crippen molar-refractivity contribution in [3.8, 4) is 0 Å². The molecule has 1 unspecified atom stereocenters. The minimum absolute atomic E-state index is 0.0256. The molecule has 1 saturated carbocycles. The second kappa shape index (κ2) is 8.04. The second-order valence-corrected chi connectivity index (χ2v) is 7.37. The molecule has 0 bridgehead atoms. The van der Waals surface area contributed by atoms with Crippen LogP contribution in [0.1, 0.15) is 38.1 Å². The number of aromatic nitrogens is 4. The first kappa shape index (κ1) is 17.9. The van der Waals surface area contributed by atoms with Gasteiger partial charge in [-0.2, -0.15) is 5.10 Å². The Kier molecular flexibility index (Phi) is 5.33. The zero-order valence-electron chi connectivity index (χ0n) is 15.5. The fourth-order valence-corrected chi connectivity index (χ4v) is 3.76. The summed E-state index contributed by atoms with van der Waals surface area (Å²) < 4.78 is 3.30. The van der Waals surface area contributed by atoms with Gasteiger partial charge in [0.2, 0.25) is 0 Å². The van der Waals surface area contributed by atoms with Crippen LogP contribution < -0.4 is 16.4 Å². The van der Waals surface area contributed by atoms with Crippen molar-refractivity contribution < 1.29 is 0 Å². The Balaban J connectivity index is 1.38. The van der Waals surface area contributed by atoms with E-state index >= 15 is 0 Å². The highest BCUT2D eigenvalue weighted by molar-refractivity contribution is 5.31. The van der Waals surface area contributed by atoms with E-state index in [-0.39, 0.29) is 11.1 Å². The van der Waals surface area contributed by atoms with Gasteiger partial charge >= 0.3 is 0 Å². The maximum Gasteiger partial charge on any atom is 0.293 e. The van der Waals surface area contributed by atoms with Crippen molar-refractivity contribution in [2.45, 2.75) is 50.7 Å². The number of hydrogen-bond donors (Lipinski definition) is 1. The van der Waals surface area contributed by atoms with E-state index in [4.69, 9.17) is 0 Å². The van der Waals surface area contributed by atoms with E-state index in [9.17, 15) is 9.59 Å². The highest BCUT2D eigenvalue weighted by Gasteiger charge is 2.26. The van der Waals surface area contributed by atoms with Gasteiger partial charge in [-0.3, -0.25) is 14.5 Å². The Morgan fingerprint density at radius 3 is 2.81 bits per heavy atom. The molecule has 1 N–H and O–H groups in total. The van der Waals surface area contributed by atoms with Gasteiger partial charge in [0, 0.05) is 49.8 Å². The summed E-state index contributed by atoms with van der Waals surface area (Å²) in [5.41, 5.74) is -0.0966. The number of hydrogen-bond acceptors (Lipinski definition) is 6. The highest BCUT2D eigenvalue weighted by Crippen LogP contribution is 2.33. The van der Waals surface area contributed by atoms with Crippen molar-refractivity contribution in [1.82, 2.24) is 24.2 Å². The highest BCUT2D eigenvalue weighted by atomic mass is 16.1. The van der Waals surface area contributed by atoms with E-state index in [2.05, 4.69) is 20.3 Å². The smallest absolute Gasteiger partial charge is 0.293 e. The van der Waals surface area contributed by atoms with Gasteiger partial charge in [0.1, 0.15) is 0 Å². The lowest BCUT2D eigenvalue weighted by Crippen LogP contribution is -2.46. The maximum atomic E-state index is 12.5. The van der Waals surface area contributed by atoms with E-state index in [0.717, 1.165) is 38.8 Å². The lowest BCUT2D eigenvalue weighted by molar-refractivity contribution is 0.148. The van der Waals surface area contributed by atoms with Crippen LogP contribution in [0.3, 0.4) is 0 Å². The van der Waals surface area contributed by atoms with Crippen LogP contribution in [0.5, 0.6) is 0 Å². The molecular weight excluding hydrogens is 344 g/mol. The molecule has 8 nitrogen and oxygen atoms in total. The molecule has 4 rings (SSSR count). The molecule has 1 atom stereocenters. The molecule has 0 aromatic carbocycles. The van der Waals surface area contributed by atoms with Crippen LogP contribution in [0.4, 0.5) is 5.82 Å². The van der Waals surface area contributed by atoms with Gasteiger partial charge in [-0.05, 0) is 38.3 Å². The quantitative estimate of drug-likeness (QED) is 0.786. The van der Waals surface area contributed by atoms with E-state index in [1.807, 2.05) is 0 Å². The molecule has 2 aromatic rings. The third-order valence-corrected chi connectivity index (χ3v) is 5.45. The summed E-state index contributed by atoms with van der Waals surface area (Å²) in [4.78, 5) is 31.0. The van der Waals surface area contributed by atoms with Crippen LogP contribution in [0, 0.1) is 0 Å². The van der Waals surface area contributed by atoms with Gasteiger partial charge in [0.25, 0.3) is 11.1 Å². The van der Waals surface area contributed by atoms with Crippen LogP contribution in [-0.4, -0.2) is 49.9 Å². The Hall–Kier alpha value is -2.48. The number of piperidine rings is 1. The van der Waals surface area contributed by atoms with Gasteiger partial charge in [-0.15, -0.1) is 0 Å². The molecule has 8 heteroatoms. The second-order valence-electron chi connectivity index (χ2n) is 7.37. The topological polar surface area (TPSA) is 85.1 Å². The molecule has 2 aromatic heterocycles. The van der Waals surface area contributed by atoms with E-state index in [1.54, 1.807) is 29.2 Å². The molecule has 2 fully saturated rings. The SMILES string of the molecule is O=c1c(NCC2CCCCN2CCn2ncccc2=O)nccn1C1CC1. The van der Waals surface area contributed by atoms with Gasteiger partial charge in [0.05, 0.1) is 6.54 Å². The summed E-state index contributed by atoms with van der Waals surface area (Å²) in [6, 6.07) is 3.87. The predicted molar refractivity (Wildman–Crippen MR) is 103 cm³/mol. The molecule has 0 radical (unpaired) electrons. The van der Waals surface area contributed by atoms with Crippen LogP contribution in [0.25, 0.3) is 0 Å². The van der Waals surface area contributed by atoms with E-state index in [0.29, 0.717) is 31.0 Å². The largest absolute Gasteiger partial charge is 0.364 e. The summed E-state index contributed by atoms with van der Waals surface area (Å²) in [5.74, 6) is 0.441. The number of nitrogens with one attached hydrogen (secondary N) is 1. The normalized spacial score (nSPS) is 20.5. The lowest BCUT2D eigenvalue weighted by atomic mass is 10.0. The zero-order valence-corrected chi connectivity index (χ0v) is 15.5. The van der Waals surface area contributed by atoms with Crippen molar-refractivity contribution in [3.05, 3.63) is 51.4 Å². The number of rotatable bonds is 7. The van der Waals surface area contributed by atoms with Crippen molar-refractivity contribution in [2.75, 3.05) is 25.0 Å². The summed E-state index contributed by atoms with van der Waals surface area (Å²) in [5, 5.41) is 7.41. The number of nitrogens with zero attached hydrogens (tertiary/aromatic N) is 5. The third kappa shape index (κ3) is 4.27. The minimum Gasteiger partial charge on any atom is -0.364 e. The molecular formula is C19H26N6O2. The molecule has 1 aliphatic carbocycles. The van der Waals surface area contributed by atoms with Crippen molar-refractivity contribution in [1.29, 1.82) is 0 Å². The monoisotopic (exact) mass is 370 g/mol. The average Bonchev–Trinajstić information content (AvgIpc) is 3.52. The molecule has 144 valence electrons. The number of likely N-dealkylation sites (tertiary alicyclic amines) is 1. The molecule has 27 heavy (non-hydrogen) atoms. The first-order chi connectivity index (χ1) is 13.2. The van der Waals surface area contributed by atoms with Crippen LogP contribution in [0.15, 0.2) is 40.3 Å². The lowest BCUT2D eigenvalue weighted by Gasteiger charge is -2.35. The van der Waals surface area contributed by atoms with Crippen LogP contribution >= 0.6 is 0 Å². The van der Waals surface area contributed by atoms with Crippen LogP contribution in [-0.2, 0) is 6.54 Å². The predicted octanol–water partition coefficient (Wildman–Crippen LogP) is 1.10. The summed E-state index contributed by atoms with van der Waals surface area (Å²) >= 11 is 0. The summed E-state index contributed by atoms with van der Waals surface area (Å²) in [6.07, 6.45) is 10.7. The van der Waals surface area contributed by atoms with Gasteiger partial charge in [-0.25, -0.2) is 9.67 Å². The Bertz CT molecular complexity index is 888.